The molecule has 1 saturated carbocycles. The maximum Gasteiger partial charge on any atom is 0.252 e. The summed E-state index contributed by atoms with van der Waals surface area (Å²) in [6.45, 7) is 4.40. The van der Waals surface area contributed by atoms with E-state index in [4.69, 9.17) is 4.98 Å². The minimum Gasteiger partial charge on any atom is -0.351 e. The zero-order valence-electron chi connectivity index (χ0n) is 15.5. The summed E-state index contributed by atoms with van der Waals surface area (Å²) in [5.41, 5.74) is 0.824. The van der Waals surface area contributed by atoms with Crippen LogP contribution in [0.4, 0.5) is 5.95 Å². The first-order chi connectivity index (χ1) is 12.7. The summed E-state index contributed by atoms with van der Waals surface area (Å²) in [5, 5.41) is 4.43. The van der Waals surface area contributed by atoms with Gasteiger partial charge < -0.3 is 5.32 Å². The number of pyridine rings is 1. The van der Waals surface area contributed by atoms with Crippen LogP contribution in [0.15, 0.2) is 23.1 Å². The lowest BCUT2D eigenvalue weighted by molar-refractivity contribution is 0.358. The predicted octanol–water partition coefficient (Wildman–Crippen LogP) is 3.31. The molecule has 1 saturated heterocycles. The van der Waals surface area contributed by atoms with Crippen LogP contribution in [0.3, 0.4) is 0 Å². The zero-order chi connectivity index (χ0) is 18.1. The molecule has 140 valence electrons. The van der Waals surface area contributed by atoms with Crippen molar-refractivity contribution in [2.75, 3.05) is 24.7 Å². The highest BCUT2D eigenvalue weighted by molar-refractivity contribution is 7.96. The predicted molar refractivity (Wildman–Crippen MR) is 108 cm³/mol. The van der Waals surface area contributed by atoms with Crippen molar-refractivity contribution in [1.82, 2.24) is 18.8 Å². The van der Waals surface area contributed by atoms with Crippen molar-refractivity contribution in [3.63, 3.8) is 0 Å². The molecule has 4 rings (SSSR count). The number of rotatable bonds is 4. The van der Waals surface area contributed by atoms with Gasteiger partial charge in [-0.15, -0.1) is 0 Å². The quantitative estimate of drug-likeness (QED) is 0.830. The average Bonchev–Trinajstić information content (AvgIpc) is 3.08. The zero-order valence-corrected chi connectivity index (χ0v) is 16.3. The number of piperidine rings is 1. The van der Waals surface area contributed by atoms with E-state index in [0.29, 0.717) is 17.9 Å². The van der Waals surface area contributed by atoms with E-state index >= 15 is 0 Å². The smallest absolute Gasteiger partial charge is 0.252 e. The number of anilines is 1. The molecule has 6 nitrogen and oxygen atoms in total. The Labute approximate surface area is 158 Å². The molecular formula is C19H27N5OS. The van der Waals surface area contributed by atoms with Gasteiger partial charge in [0.05, 0.1) is 0 Å². The Morgan fingerprint density at radius 2 is 2.00 bits per heavy atom. The van der Waals surface area contributed by atoms with Crippen molar-refractivity contribution in [3.8, 4) is 0 Å². The first kappa shape index (κ1) is 17.8. The third-order valence-electron chi connectivity index (χ3n) is 5.86. The fourth-order valence-electron chi connectivity index (χ4n) is 4.30. The van der Waals surface area contributed by atoms with E-state index < -0.39 is 0 Å². The van der Waals surface area contributed by atoms with Crippen LogP contribution in [0.2, 0.25) is 0 Å². The van der Waals surface area contributed by atoms with Crippen LogP contribution in [0, 0.1) is 5.92 Å². The monoisotopic (exact) mass is 373 g/mol. The fraction of sp³-hybridized carbons (Fsp3) is 0.632. The van der Waals surface area contributed by atoms with Gasteiger partial charge in [0.15, 0.2) is 0 Å². The van der Waals surface area contributed by atoms with Crippen LogP contribution < -0.4 is 10.9 Å². The van der Waals surface area contributed by atoms with Gasteiger partial charge in [-0.1, -0.05) is 25.3 Å². The molecule has 1 aliphatic heterocycles. The Balaban J connectivity index is 1.63. The van der Waals surface area contributed by atoms with Crippen LogP contribution in [-0.2, 0) is 0 Å². The van der Waals surface area contributed by atoms with Crippen molar-refractivity contribution in [3.05, 3.63) is 28.7 Å². The summed E-state index contributed by atoms with van der Waals surface area (Å²) in [6, 6.07) is 4.14. The second-order valence-electron chi connectivity index (χ2n) is 7.52. The molecule has 0 bridgehead atoms. The van der Waals surface area contributed by atoms with Gasteiger partial charge >= 0.3 is 0 Å². The molecule has 0 spiro atoms. The minimum atomic E-state index is 0.0502. The van der Waals surface area contributed by atoms with E-state index in [-0.39, 0.29) is 11.6 Å². The van der Waals surface area contributed by atoms with Crippen LogP contribution in [0.25, 0.3) is 11.0 Å². The topological polar surface area (TPSA) is 63.1 Å². The number of fused-ring (bicyclic) bond motifs is 1. The normalized spacial score (nSPS) is 25.0. The highest BCUT2D eigenvalue weighted by Crippen LogP contribution is 2.35. The molecule has 3 heterocycles. The van der Waals surface area contributed by atoms with Gasteiger partial charge in [-0.3, -0.25) is 13.7 Å². The molecule has 7 heteroatoms. The maximum atomic E-state index is 12.6. The van der Waals surface area contributed by atoms with Crippen molar-refractivity contribution >= 4 is 28.9 Å². The molecule has 0 aromatic carbocycles. The summed E-state index contributed by atoms with van der Waals surface area (Å²) < 4.78 is 4.30. The maximum absolute atomic E-state index is 12.6. The summed E-state index contributed by atoms with van der Waals surface area (Å²) in [6.07, 6.45) is 9.56. The molecule has 1 N–H and O–H groups in total. The molecule has 2 fully saturated rings. The second-order valence-corrected chi connectivity index (χ2v) is 8.40. The van der Waals surface area contributed by atoms with Gasteiger partial charge in [-0.05, 0) is 43.9 Å². The first-order valence-corrected chi connectivity index (χ1v) is 10.8. The van der Waals surface area contributed by atoms with Gasteiger partial charge in [-0.2, -0.15) is 4.98 Å². The van der Waals surface area contributed by atoms with E-state index in [9.17, 15) is 4.79 Å². The molecule has 1 aliphatic carbocycles. The van der Waals surface area contributed by atoms with Crippen molar-refractivity contribution < 1.29 is 0 Å². The number of hydrogen-bond donors (Lipinski definition) is 1. The molecular weight excluding hydrogens is 346 g/mol. The summed E-state index contributed by atoms with van der Waals surface area (Å²) in [5.74, 6) is 1.16. The first-order valence-electron chi connectivity index (χ1n) is 9.59. The lowest BCUT2D eigenvalue weighted by Gasteiger charge is -2.30. The minimum absolute atomic E-state index is 0.0502. The van der Waals surface area contributed by atoms with Crippen molar-refractivity contribution in [2.45, 2.75) is 51.1 Å². The fourth-order valence-corrected chi connectivity index (χ4v) is 4.88. The summed E-state index contributed by atoms with van der Waals surface area (Å²) in [4.78, 5) is 21.9. The van der Waals surface area contributed by atoms with E-state index in [1.54, 1.807) is 6.07 Å². The Morgan fingerprint density at radius 1 is 1.19 bits per heavy atom. The van der Waals surface area contributed by atoms with Gasteiger partial charge in [0.25, 0.3) is 5.56 Å². The van der Waals surface area contributed by atoms with E-state index in [1.165, 1.54) is 12.8 Å². The Kier molecular flexibility index (Phi) is 5.18. The second kappa shape index (κ2) is 7.56. The molecule has 2 unspecified atom stereocenters. The number of hydrogen-bond acceptors (Lipinski definition) is 6. The number of nitrogens with zero attached hydrogens (tertiary/aromatic N) is 4. The van der Waals surface area contributed by atoms with Crippen LogP contribution in [-0.4, -0.2) is 44.2 Å². The lowest BCUT2D eigenvalue weighted by Crippen LogP contribution is -2.36. The summed E-state index contributed by atoms with van der Waals surface area (Å²) >= 11 is 1.81. The highest BCUT2D eigenvalue weighted by atomic mass is 32.2. The SMILES string of the molecule is CSN1CCC(Nc2ncc3ccc(=O)n(C4CCCC4C)c3n2)CC1. The highest BCUT2D eigenvalue weighted by Gasteiger charge is 2.27. The molecule has 0 amide bonds. The average molecular weight is 374 g/mol. The number of aromatic nitrogens is 3. The van der Waals surface area contributed by atoms with Crippen LogP contribution in [0.5, 0.6) is 0 Å². The molecule has 2 atom stereocenters. The Bertz CT molecular complexity index is 830. The largest absolute Gasteiger partial charge is 0.351 e. The molecule has 0 radical (unpaired) electrons. The van der Waals surface area contributed by atoms with Crippen molar-refractivity contribution in [1.29, 1.82) is 0 Å². The lowest BCUT2D eigenvalue weighted by atomic mass is 10.1. The van der Waals surface area contributed by atoms with Crippen LogP contribution in [0.1, 0.15) is 45.1 Å². The van der Waals surface area contributed by atoms with Gasteiger partial charge in [0, 0.05) is 42.8 Å². The van der Waals surface area contributed by atoms with E-state index in [2.05, 4.69) is 27.8 Å². The third kappa shape index (κ3) is 3.47. The van der Waals surface area contributed by atoms with E-state index in [0.717, 1.165) is 43.4 Å². The van der Waals surface area contributed by atoms with Crippen LogP contribution >= 0.6 is 11.9 Å². The van der Waals surface area contributed by atoms with Crippen molar-refractivity contribution in [2.24, 2.45) is 5.92 Å². The Hall–Kier alpha value is -1.60. The number of nitrogens with one attached hydrogen (secondary N) is 1. The molecule has 2 aromatic heterocycles. The summed E-state index contributed by atoms with van der Waals surface area (Å²) in [7, 11) is 0. The Morgan fingerprint density at radius 3 is 2.69 bits per heavy atom. The molecule has 2 aromatic rings. The van der Waals surface area contributed by atoms with E-state index in [1.807, 2.05) is 28.8 Å². The molecule has 2 aliphatic rings. The standard InChI is InChI=1S/C19H27N5OS/c1-13-4-3-5-16(13)24-17(25)7-6-14-12-20-19(22-18(14)24)21-15-8-10-23(26-2)11-9-15/h6-7,12-13,15-16H,3-5,8-11H2,1-2H3,(H,20,21,22). The van der Waals surface area contributed by atoms with Gasteiger partial charge in [0.1, 0.15) is 5.65 Å². The third-order valence-corrected chi connectivity index (χ3v) is 6.74. The van der Waals surface area contributed by atoms with Gasteiger partial charge in [0.2, 0.25) is 5.95 Å². The van der Waals surface area contributed by atoms with Gasteiger partial charge in [-0.25, -0.2) is 4.98 Å². The molecule has 26 heavy (non-hydrogen) atoms.